The first kappa shape index (κ1) is 10.8. The second kappa shape index (κ2) is 5.21. The SMILES string of the molecule is [2H]C1([2H])[C@H](OCc2ccccc2)OC[C@H]2OC(C)(C)O[C@H]21. The lowest BCUT2D eigenvalue weighted by molar-refractivity contribution is -0.201. The summed E-state index contributed by atoms with van der Waals surface area (Å²) in [4.78, 5) is 0. The summed E-state index contributed by atoms with van der Waals surface area (Å²) in [5.41, 5.74) is 0.975. The van der Waals surface area contributed by atoms with Crippen molar-refractivity contribution in [3.8, 4) is 0 Å². The topological polar surface area (TPSA) is 36.9 Å². The summed E-state index contributed by atoms with van der Waals surface area (Å²) in [5, 5.41) is 0. The van der Waals surface area contributed by atoms with Gasteiger partial charge in [-0.15, -0.1) is 0 Å². The molecule has 2 aliphatic rings. The summed E-state index contributed by atoms with van der Waals surface area (Å²) in [6.07, 6.45) is -3.80. The maximum atomic E-state index is 8.27. The molecule has 2 saturated heterocycles. The van der Waals surface area contributed by atoms with Gasteiger partial charge in [-0.25, -0.2) is 0 Å². The first-order chi connectivity index (χ1) is 9.88. The zero-order valence-corrected chi connectivity index (χ0v) is 11.2. The van der Waals surface area contributed by atoms with E-state index in [4.69, 9.17) is 21.7 Å². The van der Waals surface area contributed by atoms with E-state index in [1.807, 2.05) is 30.3 Å². The van der Waals surface area contributed by atoms with Gasteiger partial charge in [-0.2, -0.15) is 0 Å². The highest BCUT2D eigenvalue weighted by Crippen LogP contribution is 2.34. The van der Waals surface area contributed by atoms with Crippen LogP contribution in [0, 0.1) is 0 Å². The first-order valence-corrected chi connectivity index (χ1v) is 6.51. The average Bonchev–Trinajstić information content (AvgIpc) is 2.75. The summed E-state index contributed by atoms with van der Waals surface area (Å²) in [7, 11) is 0. The maximum absolute atomic E-state index is 8.27. The Hall–Kier alpha value is -0.940. The van der Waals surface area contributed by atoms with Gasteiger partial charge >= 0.3 is 0 Å². The lowest BCUT2D eigenvalue weighted by Gasteiger charge is -2.29. The Balaban J connectivity index is 1.67. The third-order valence-corrected chi connectivity index (χ3v) is 3.14. The minimum atomic E-state index is -1.76. The van der Waals surface area contributed by atoms with E-state index in [0.29, 0.717) is 6.61 Å². The number of fused-ring (bicyclic) bond motifs is 1. The number of hydrogen-bond donors (Lipinski definition) is 0. The molecule has 19 heavy (non-hydrogen) atoms. The van der Waals surface area contributed by atoms with Gasteiger partial charge in [0.25, 0.3) is 0 Å². The number of hydrogen-bond acceptors (Lipinski definition) is 4. The van der Waals surface area contributed by atoms with Gasteiger partial charge in [0, 0.05) is 9.11 Å². The molecule has 0 radical (unpaired) electrons. The molecule has 2 aliphatic heterocycles. The second-order valence-electron chi connectivity index (χ2n) is 5.22. The van der Waals surface area contributed by atoms with Crippen molar-refractivity contribution in [3.05, 3.63) is 35.9 Å². The average molecular weight is 266 g/mol. The maximum Gasteiger partial charge on any atom is 0.163 e. The lowest BCUT2D eigenvalue weighted by Crippen LogP contribution is -2.40. The third-order valence-electron chi connectivity index (χ3n) is 3.14. The first-order valence-electron chi connectivity index (χ1n) is 7.51. The molecule has 0 saturated carbocycles. The van der Waals surface area contributed by atoms with Crippen LogP contribution in [0.5, 0.6) is 0 Å². The lowest BCUT2D eigenvalue weighted by atomic mass is 10.1. The fraction of sp³-hybridized carbons (Fsp3) is 0.600. The second-order valence-corrected chi connectivity index (χ2v) is 5.22. The van der Waals surface area contributed by atoms with Crippen molar-refractivity contribution in [2.24, 2.45) is 0 Å². The molecular weight excluding hydrogens is 244 g/mol. The summed E-state index contributed by atoms with van der Waals surface area (Å²) in [5.74, 6) is -0.791. The van der Waals surface area contributed by atoms with Crippen molar-refractivity contribution in [2.45, 2.75) is 51.1 Å². The Morgan fingerprint density at radius 3 is 2.79 bits per heavy atom. The van der Waals surface area contributed by atoms with Crippen molar-refractivity contribution in [1.29, 1.82) is 0 Å². The molecule has 0 amide bonds. The molecule has 2 fully saturated rings. The van der Waals surface area contributed by atoms with E-state index in [1.54, 1.807) is 13.8 Å². The van der Waals surface area contributed by atoms with E-state index in [1.165, 1.54) is 0 Å². The van der Waals surface area contributed by atoms with Gasteiger partial charge in [0.05, 0.1) is 19.3 Å². The van der Waals surface area contributed by atoms with Gasteiger partial charge in [0.1, 0.15) is 6.10 Å². The molecule has 3 atom stereocenters. The molecule has 0 bridgehead atoms. The van der Waals surface area contributed by atoms with Crippen LogP contribution in [0.15, 0.2) is 30.3 Å². The van der Waals surface area contributed by atoms with Crippen molar-refractivity contribution >= 4 is 0 Å². The third kappa shape index (κ3) is 3.15. The quantitative estimate of drug-likeness (QED) is 0.842. The van der Waals surface area contributed by atoms with E-state index in [9.17, 15) is 0 Å². The Labute approximate surface area is 116 Å². The predicted octanol–water partition coefficient (Wildman–Crippen LogP) is 2.47. The van der Waals surface area contributed by atoms with Crippen molar-refractivity contribution < 1.29 is 21.7 Å². The molecule has 0 aliphatic carbocycles. The van der Waals surface area contributed by atoms with Crippen LogP contribution in [-0.2, 0) is 25.6 Å². The molecule has 0 N–H and O–H groups in total. The summed E-state index contributed by atoms with van der Waals surface area (Å²) < 4.78 is 39.0. The molecule has 0 aromatic heterocycles. The van der Waals surface area contributed by atoms with E-state index in [2.05, 4.69) is 0 Å². The van der Waals surface area contributed by atoms with Crippen LogP contribution in [-0.4, -0.2) is 30.9 Å². The highest BCUT2D eigenvalue weighted by atomic mass is 16.8. The summed E-state index contributed by atoms with van der Waals surface area (Å²) in [6, 6.07) is 9.62. The fourth-order valence-electron chi connectivity index (χ4n) is 2.31. The van der Waals surface area contributed by atoms with Gasteiger partial charge < -0.3 is 18.9 Å². The van der Waals surface area contributed by atoms with Crippen molar-refractivity contribution in [2.75, 3.05) is 6.61 Å². The van der Waals surface area contributed by atoms with Crippen LogP contribution in [0.25, 0.3) is 0 Å². The van der Waals surface area contributed by atoms with Crippen LogP contribution in [0.1, 0.15) is 28.5 Å². The Morgan fingerprint density at radius 1 is 1.26 bits per heavy atom. The minimum absolute atomic E-state index is 0.271. The van der Waals surface area contributed by atoms with Crippen molar-refractivity contribution in [1.82, 2.24) is 0 Å². The highest BCUT2D eigenvalue weighted by molar-refractivity contribution is 5.13. The minimum Gasteiger partial charge on any atom is -0.350 e. The molecule has 1 aromatic carbocycles. The zero-order chi connectivity index (χ0) is 15.1. The monoisotopic (exact) mass is 266 g/mol. The molecule has 0 spiro atoms. The van der Waals surface area contributed by atoms with Crippen LogP contribution < -0.4 is 0 Å². The van der Waals surface area contributed by atoms with E-state index in [-0.39, 0.29) is 6.61 Å². The molecule has 104 valence electrons. The van der Waals surface area contributed by atoms with E-state index in [0.717, 1.165) is 5.56 Å². The Kier molecular flexibility index (Phi) is 2.96. The fourth-order valence-corrected chi connectivity index (χ4v) is 2.31. The molecule has 4 heteroatoms. The number of ether oxygens (including phenoxy) is 4. The Morgan fingerprint density at radius 2 is 2.00 bits per heavy atom. The van der Waals surface area contributed by atoms with Gasteiger partial charge in [0.2, 0.25) is 0 Å². The van der Waals surface area contributed by atoms with Gasteiger partial charge in [-0.1, -0.05) is 30.3 Å². The zero-order valence-electron chi connectivity index (χ0n) is 13.2. The van der Waals surface area contributed by atoms with Crippen LogP contribution in [0.4, 0.5) is 0 Å². The van der Waals surface area contributed by atoms with E-state index >= 15 is 0 Å². The van der Waals surface area contributed by atoms with Crippen LogP contribution >= 0.6 is 0 Å². The molecule has 2 heterocycles. The van der Waals surface area contributed by atoms with Crippen LogP contribution in [0.2, 0.25) is 0 Å². The largest absolute Gasteiger partial charge is 0.350 e. The molecule has 3 rings (SSSR count). The van der Waals surface area contributed by atoms with Crippen molar-refractivity contribution in [3.63, 3.8) is 0 Å². The molecule has 1 aromatic rings. The predicted molar refractivity (Wildman–Crippen MR) is 69.4 cm³/mol. The van der Waals surface area contributed by atoms with Crippen LogP contribution in [0.3, 0.4) is 0 Å². The normalized spacial score (nSPS) is 37.3. The molecule has 4 nitrogen and oxygen atoms in total. The Bertz CT molecular complexity index is 492. The highest BCUT2D eigenvalue weighted by Gasteiger charge is 2.45. The summed E-state index contributed by atoms with van der Waals surface area (Å²) in [6.45, 7) is 4.13. The van der Waals surface area contributed by atoms with Gasteiger partial charge in [-0.05, 0) is 19.4 Å². The standard InChI is InChI=1S/C15H20O4/c1-15(2)18-12-8-14(17-10-13(12)19-15)16-9-11-6-4-3-5-7-11/h3-7,12-14H,8-10H2,1-2H3/t12-,13+,14+/m0/s1/i8D2. The van der Waals surface area contributed by atoms with Gasteiger partial charge in [-0.3, -0.25) is 0 Å². The summed E-state index contributed by atoms with van der Waals surface area (Å²) >= 11 is 0. The van der Waals surface area contributed by atoms with E-state index < -0.39 is 30.7 Å². The molecular formula is C15H20O4. The number of rotatable bonds is 3. The smallest absolute Gasteiger partial charge is 0.163 e. The molecule has 0 unspecified atom stereocenters. The van der Waals surface area contributed by atoms with Gasteiger partial charge in [0.15, 0.2) is 12.1 Å². The number of benzene rings is 1.